The number of aromatic nitrogens is 9. The van der Waals surface area contributed by atoms with Crippen LogP contribution < -0.4 is 42.2 Å². The summed E-state index contributed by atoms with van der Waals surface area (Å²) in [5.74, 6) is 6.94. The Bertz CT molecular complexity index is 6040. The minimum atomic E-state index is -4.94. The van der Waals surface area contributed by atoms with Crippen LogP contribution in [0.5, 0.6) is 34.5 Å². The number of nitrogens with one attached hydrogen (secondary N) is 3. The van der Waals surface area contributed by atoms with Crippen LogP contribution in [0.2, 0.25) is 0 Å². The third kappa shape index (κ3) is 26.5. The van der Waals surface area contributed by atoms with Gasteiger partial charge in [0.25, 0.3) is 17.7 Å². The van der Waals surface area contributed by atoms with E-state index in [1.807, 2.05) is 57.2 Å². The van der Waals surface area contributed by atoms with Gasteiger partial charge in [0.2, 0.25) is 0 Å². The average molecular weight is 1750 g/mol. The van der Waals surface area contributed by atoms with Crippen molar-refractivity contribution in [2.45, 2.75) is 156 Å². The number of para-hydroxylation sites is 2. The molecule has 6 aromatic carbocycles. The molecule has 660 valence electrons. The molecule has 12 rings (SSSR count). The number of hydrogen-bond donors (Lipinski definition) is 14. The highest BCUT2D eigenvalue weighted by Crippen LogP contribution is 2.46. The Morgan fingerprint density at radius 2 is 0.776 bits per heavy atom. The second-order valence-electron chi connectivity index (χ2n) is 29.7. The topological polar surface area (TPSA) is 500 Å². The first-order valence-electron chi connectivity index (χ1n) is 41.4. The summed E-state index contributed by atoms with van der Waals surface area (Å²) in [6, 6.07) is 31.7. The minimum Gasteiger partial charge on any atom is -0.508 e. The van der Waals surface area contributed by atoms with Gasteiger partial charge >= 0.3 is 15.6 Å². The number of phosphoric acid groups is 2. The summed E-state index contributed by atoms with van der Waals surface area (Å²) in [5, 5.41) is 52.2. The largest absolute Gasteiger partial charge is 0.524 e. The van der Waals surface area contributed by atoms with E-state index in [2.05, 4.69) is 80.5 Å². The second kappa shape index (κ2) is 45.7. The Balaban J connectivity index is 0.000000196. The predicted molar refractivity (Wildman–Crippen MR) is 480 cm³/mol. The van der Waals surface area contributed by atoms with E-state index in [4.69, 9.17) is 74.7 Å². The molecular weight excluding hydrogens is 1640 g/mol. The summed E-state index contributed by atoms with van der Waals surface area (Å²) in [6.45, 7) is 11.6. The Morgan fingerprint density at radius 1 is 0.416 bits per heavy atom. The lowest BCUT2D eigenvalue weighted by Gasteiger charge is -2.16. The van der Waals surface area contributed by atoms with Crippen LogP contribution in [0.25, 0.3) is 65.8 Å². The molecule has 33 nitrogen and oxygen atoms in total. The molecule has 0 fully saturated rings. The molecule has 0 aliphatic rings. The number of fused-ring (bicyclic) bond motifs is 9. The monoisotopic (exact) mass is 1750 g/mol. The first-order chi connectivity index (χ1) is 60.1. The number of hydrogen-bond acceptors (Lipinski definition) is 23. The fourth-order valence-electron chi connectivity index (χ4n) is 14.3. The van der Waals surface area contributed by atoms with E-state index in [1.54, 1.807) is 30.3 Å². The van der Waals surface area contributed by atoms with Gasteiger partial charge in [-0.2, -0.15) is 0 Å². The molecule has 0 saturated heterocycles. The quantitative estimate of drug-likeness (QED) is 0.00730. The number of phosphoric ester groups is 2. The van der Waals surface area contributed by atoms with Crippen molar-refractivity contribution in [1.29, 1.82) is 0 Å². The number of rotatable bonds is 43. The molecule has 0 atom stereocenters. The minimum absolute atomic E-state index is 0.0928. The van der Waals surface area contributed by atoms with Gasteiger partial charge in [-0.05, 0) is 178 Å². The smallest absolute Gasteiger partial charge is 0.508 e. The van der Waals surface area contributed by atoms with Crippen LogP contribution in [-0.4, -0.2) is 161 Å². The highest BCUT2D eigenvalue weighted by atomic mass is 31.2. The molecular formula is C90H107N15O18P2. The zero-order valence-corrected chi connectivity index (χ0v) is 71.9. The molecule has 0 bridgehead atoms. The van der Waals surface area contributed by atoms with E-state index in [-0.39, 0.29) is 53.4 Å². The molecule has 35 heteroatoms. The number of terminal acetylenes is 3. The number of imidazole rings is 3. The molecule has 0 radical (unpaired) electrons. The number of nitrogens with two attached hydrogens (primary N) is 3. The lowest BCUT2D eigenvalue weighted by Crippen LogP contribution is -2.23. The Morgan fingerprint density at radius 3 is 1.15 bits per heavy atom. The number of aryl methyl sites for hydroxylation is 6. The molecule has 6 aromatic heterocycles. The van der Waals surface area contributed by atoms with E-state index in [1.165, 1.54) is 24.3 Å². The fraction of sp³-hybridized carbons (Fsp3) is 0.367. The number of carbonyl (C=O) groups excluding carboxylic acids is 3. The van der Waals surface area contributed by atoms with Crippen LogP contribution >= 0.6 is 15.6 Å². The lowest BCUT2D eigenvalue weighted by atomic mass is 10.1. The van der Waals surface area contributed by atoms with Crippen molar-refractivity contribution < 1.29 is 86.8 Å². The molecule has 125 heavy (non-hydrogen) atoms. The van der Waals surface area contributed by atoms with Gasteiger partial charge in [-0.15, -0.1) is 19.3 Å². The average Bonchev–Trinajstić information content (AvgIpc) is 1.61. The van der Waals surface area contributed by atoms with Crippen molar-refractivity contribution in [2.75, 3.05) is 76.5 Å². The van der Waals surface area contributed by atoms with Crippen molar-refractivity contribution in [3.8, 4) is 71.5 Å². The maximum absolute atomic E-state index is 11.7. The zero-order valence-electron chi connectivity index (χ0n) is 70.1. The Labute approximate surface area is 723 Å². The summed E-state index contributed by atoms with van der Waals surface area (Å²) in [7, 11) is -9.81. The van der Waals surface area contributed by atoms with Crippen molar-refractivity contribution in [3.63, 3.8) is 0 Å². The summed E-state index contributed by atoms with van der Waals surface area (Å²) >= 11 is 0. The number of aromatic hydroxyl groups is 4. The molecule has 12 aromatic rings. The van der Waals surface area contributed by atoms with Gasteiger partial charge < -0.3 is 90.5 Å². The predicted octanol–water partition coefficient (Wildman–Crippen LogP) is 11.7. The van der Waals surface area contributed by atoms with Gasteiger partial charge in [-0.1, -0.05) is 82.5 Å². The summed E-state index contributed by atoms with van der Waals surface area (Å²) < 4.78 is 55.8. The zero-order chi connectivity index (χ0) is 89.7. The first kappa shape index (κ1) is 94.7. The van der Waals surface area contributed by atoms with E-state index in [9.17, 15) is 63.5 Å². The normalized spacial score (nSPS) is 11.5. The van der Waals surface area contributed by atoms with Crippen molar-refractivity contribution in [3.05, 3.63) is 160 Å². The summed E-state index contributed by atoms with van der Waals surface area (Å²) in [5.41, 5.74) is 30.0. The number of nitrogen functional groups attached to an aromatic ring is 3. The van der Waals surface area contributed by atoms with E-state index < -0.39 is 33.4 Å². The Kier molecular flexibility index (Phi) is 34.6. The van der Waals surface area contributed by atoms with E-state index >= 15 is 0 Å². The molecule has 0 aliphatic carbocycles. The number of anilines is 3. The molecule has 0 spiro atoms. The number of benzene rings is 6. The number of pyridine rings is 3. The second-order valence-corrected chi connectivity index (χ2v) is 32.0. The molecule has 0 saturated carbocycles. The van der Waals surface area contributed by atoms with Crippen LogP contribution in [-0.2, 0) is 95.9 Å². The fourth-order valence-corrected chi connectivity index (χ4v) is 15.2. The van der Waals surface area contributed by atoms with Gasteiger partial charge in [0.15, 0.2) is 40.5 Å². The number of carbonyl (C=O) groups is 3. The van der Waals surface area contributed by atoms with Crippen LogP contribution in [0.15, 0.2) is 109 Å². The van der Waals surface area contributed by atoms with E-state index in [0.29, 0.717) is 154 Å². The maximum Gasteiger partial charge on any atom is 0.524 e. The molecule has 0 aliphatic heterocycles. The third-order valence-electron chi connectivity index (χ3n) is 20.3. The highest BCUT2D eigenvalue weighted by Gasteiger charge is 2.28. The van der Waals surface area contributed by atoms with Gasteiger partial charge in [0.05, 0.1) is 52.7 Å². The van der Waals surface area contributed by atoms with Crippen LogP contribution in [0.3, 0.4) is 0 Å². The Hall–Kier alpha value is -12.6. The number of amides is 3. The molecule has 17 N–H and O–H groups in total. The SMILES string of the molecule is C#CC(=O)NCCCOCCCc1ccc2nc(N)c3nc(CCCC)n(Cc4cc(O)ccc4O)c3c2c1.C#CC(=O)NCCCOCCCc1ccc2nc(N)c3nc(CCCC)n(Cc4cccc(O)c4OP(=O)(O)O)c3c2c1.C#CC(=O)NCCCOCCCc1ccc2nc(N)c3nc(CCCC)n(Cc4cccc(OP(=O)(O)O)c4O)c3c2c1. The van der Waals surface area contributed by atoms with Gasteiger partial charge in [0, 0.05) is 111 Å². The number of ether oxygens (including phenoxy) is 3. The molecule has 0 unspecified atom stereocenters. The van der Waals surface area contributed by atoms with Crippen molar-refractivity contribution >= 4 is 117 Å². The summed E-state index contributed by atoms with van der Waals surface area (Å²) in [6.07, 6.45) is 29.5. The third-order valence-corrected chi connectivity index (χ3v) is 21.2. The van der Waals surface area contributed by atoms with Crippen LogP contribution in [0.4, 0.5) is 17.5 Å². The van der Waals surface area contributed by atoms with Gasteiger partial charge in [-0.25, -0.2) is 39.0 Å². The molecule has 3 amide bonds. The highest BCUT2D eigenvalue weighted by molar-refractivity contribution is 7.47. The first-order valence-corrected chi connectivity index (χ1v) is 44.5. The molecule has 6 heterocycles. The van der Waals surface area contributed by atoms with Crippen LogP contribution in [0.1, 0.15) is 149 Å². The van der Waals surface area contributed by atoms with Gasteiger partial charge in [0.1, 0.15) is 45.5 Å². The summed E-state index contributed by atoms with van der Waals surface area (Å²) in [4.78, 5) is 99.1. The van der Waals surface area contributed by atoms with Gasteiger partial charge in [-0.3, -0.25) is 34.0 Å². The lowest BCUT2D eigenvalue weighted by molar-refractivity contribution is -0.116. The van der Waals surface area contributed by atoms with Crippen LogP contribution in [0, 0.1) is 37.0 Å². The maximum atomic E-state index is 11.7. The number of phenols is 4. The number of unbranched alkanes of at least 4 members (excludes halogenated alkanes) is 3. The number of phenolic OH excluding ortho intramolecular Hbond substituents is 4. The number of nitrogens with zero attached hydrogens (tertiary/aromatic N) is 9. The standard InChI is InChI=1S/2C30H36N5O7P.C30H35N5O4/c1-3-5-12-25-34-27-28(35(25)19-21-10-6-11-24(29(21)37)42-43(38,39)40)22-18-20(13-14-23(22)33-30(27)31)9-7-16-41-17-8-15-32-26(36)4-2;1-3-5-12-25-34-27-28(35(25)19-21-10-6-11-24(36)29(21)42-43(38,39)40)22-18-20(13-14-23(22)33-30(27)31)9-7-16-41-17-8-15-32-26(37)4-2;1-3-5-9-26-34-28-29(35(26)19-21-18-22(36)11-13-25(21)37)23-17-20(10-12-24(23)33-30(28)31)8-6-15-39-16-7-14-32-27(38)4-2/h2,6,10-11,13-14,18,37H,3,5,7-9,12,15-17,19H2,1H3,(H2,31,33)(H,32,36)(H2,38,39,40);2,6,10-11,13-14,18,36H,3,5,7-9,12,15-17,19H2,1H3,(H2,31,33)(H,32,37)(H2,38,39,40);2,10-13,17-18,36-37H,3,5-9,14-16,19H2,1H3,(H2,31,33)(H,32,38). The van der Waals surface area contributed by atoms with Crippen molar-refractivity contribution in [1.82, 2.24) is 59.6 Å². The van der Waals surface area contributed by atoms with E-state index in [0.717, 1.165) is 156 Å². The van der Waals surface area contributed by atoms with Crippen molar-refractivity contribution in [2.24, 2.45) is 0 Å².